The standard InChI is InChI=1S/C13H11ClN4O4/c1-6(9-11(20)15-13(22)16-12(9)21)17-18-10(19)7-2-4-8(14)5-3-7/h2-5,9H,1H3,(H,18,19)(H2,15,16,20,21,22)/b17-6-. The first-order valence-electron chi connectivity index (χ1n) is 6.14. The largest absolute Gasteiger partial charge is 0.328 e. The van der Waals surface area contributed by atoms with Gasteiger partial charge in [-0.2, -0.15) is 5.10 Å². The average molecular weight is 323 g/mol. The van der Waals surface area contributed by atoms with Gasteiger partial charge in [0.05, 0.1) is 5.71 Å². The molecule has 3 N–H and O–H groups in total. The van der Waals surface area contributed by atoms with E-state index in [1.54, 1.807) is 12.1 Å². The van der Waals surface area contributed by atoms with Gasteiger partial charge in [-0.25, -0.2) is 10.2 Å². The van der Waals surface area contributed by atoms with Crippen molar-refractivity contribution in [2.75, 3.05) is 0 Å². The number of nitrogens with one attached hydrogen (secondary N) is 3. The van der Waals surface area contributed by atoms with Gasteiger partial charge in [-0.1, -0.05) is 11.6 Å². The van der Waals surface area contributed by atoms with Crippen molar-refractivity contribution in [3.05, 3.63) is 34.9 Å². The molecule has 1 aromatic carbocycles. The highest BCUT2D eigenvalue weighted by Crippen LogP contribution is 2.09. The van der Waals surface area contributed by atoms with E-state index in [-0.39, 0.29) is 5.71 Å². The first-order chi connectivity index (χ1) is 10.4. The third-order valence-corrected chi connectivity index (χ3v) is 3.11. The van der Waals surface area contributed by atoms with Gasteiger partial charge in [0.1, 0.15) is 0 Å². The molecule has 9 heteroatoms. The topological polar surface area (TPSA) is 117 Å². The van der Waals surface area contributed by atoms with Gasteiger partial charge in [-0.05, 0) is 31.2 Å². The number of hydrogen-bond donors (Lipinski definition) is 3. The van der Waals surface area contributed by atoms with Crippen molar-refractivity contribution in [3.8, 4) is 0 Å². The quantitative estimate of drug-likeness (QED) is 0.425. The van der Waals surface area contributed by atoms with Crippen molar-refractivity contribution in [1.82, 2.24) is 16.1 Å². The molecule has 0 bridgehead atoms. The maximum absolute atomic E-state index is 11.8. The lowest BCUT2D eigenvalue weighted by atomic mass is 10.0. The summed E-state index contributed by atoms with van der Waals surface area (Å²) in [4.78, 5) is 46.0. The number of rotatable bonds is 3. The fourth-order valence-electron chi connectivity index (χ4n) is 1.77. The van der Waals surface area contributed by atoms with E-state index in [9.17, 15) is 19.2 Å². The van der Waals surface area contributed by atoms with Crippen LogP contribution in [0.3, 0.4) is 0 Å². The van der Waals surface area contributed by atoms with E-state index in [4.69, 9.17) is 11.6 Å². The van der Waals surface area contributed by atoms with E-state index in [1.165, 1.54) is 19.1 Å². The molecule has 1 aliphatic heterocycles. The van der Waals surface area contributed by atoms with Gasteiger partial charge >= 0.3 is 6.03 Å². The van der Waals surface area contributed by atoms with Crippen LogP contribution in [0.5, 0.6) is 0 Å². The highest BCUT2D eigenvalue weighted by molar-refractivity contribution is 6.30. The molecule has 0 aromatic heterocycles. The smallest absolute Gasteiger partial charge is 0.277 e. The minimum absolute atomic E-state index is 0.0461. The molecule has 5 amide bonds. The maximum atomic E-state index is 11.8. The van der Waals surface area contributed by atoms with Crippen LogP contribution in [0, 0.1) is 5.92 Å². The Kier molecular flexibility index (Phi) is 4.52. The molecular weight excluding hydrogens is 312 g/mol. The number of benzene rings is 1. The molecule has 0 spiro atoms. The zero-order valence-electron chi connectivity index (χ0n) is 11.3. The molecule has 8 nitrogen and oxygen atoms in total. The molecule has 1 fully saturated rings. The van der Waals surface area contributed by atoms with Gasteiger partial charge in [-0.15, -0.1) is 0 Å². The van der Waals surface area contributed by atoms with E-state index in [2.05, 4.69) is 10.5 Å². The van der Waals surface area contributed by atoms with Crippen LogP contribution in [0.15, 0.2) is 29.4 Å². The van der Waals surface area contributed by atoms with Gasteiger partial charge in [0, 0.05) is 10.6 Å². The summed E-state index contributed by atoms with van der Waals surface area (Å²) in [6.07, 6.45) is 0. The molecule has 1 heterocycles. The first kappa shape index (κ1) is 15.6. The molecule has 1 aliphatic rings. The second-order valence-electron chi connectivity index (χ2n) is 4.44. The molecule has 0 aliphatic carbocycles. The molecule has 22 heavy (non-hydrogen) atoms. The monoisotopic (exact) mass is 322 g/mol. The minimum atomic E-state index is -1.27. The summed E-state index contributed by atoms with van der Waals surface area (Å²) in [5.74, 6) is -3.39. The lowest BCUT2D eigenvalue weighted by Gasteiger charge is -2.20. The van der Waals surface area contributed by atoms with Crippen LogP contribution >= 0.6 is 11.6 Å². The third kappa shape index (κ3) is 3.47. The van der Waals surface area contributed by atoms with E-state index in [0.717, 1.165) is 0 Å². The zero-order valence-corrected chi connectivity index (χ0v) is 12.1. The SMILES string of the molecule is C/C(=N/NC(=O)c1ccc(Cl)cc1)C1C(=O)NC(=O)NC1=O. The Labute approximate surface area is 129 Å². The average Bonchev–Trinajstić information content (AvgIpc) is 2.44. The number of barbiturate groups is 1. The lowest BCUT2D eigenvalue weighted by Crippen LogP contribution is -2.57. The Morgan fingerprint density at radius 1 is 1.14 bits per heavy atom. The summed E-state index contributed by atoms with van der Waals surface area (Å²) in [5.41, 5.74) is 2.59. The van der Waals surface area contributed by atoms with Crippen molar-refractivity contribution in [3.63, 3.8) is 0 Å². The Morgan fingerprint density at radius 2 is 1.68 bits per heavy atom. The Morgan fingerprint density at radius 3 is 2.23 bits per heavy atom. The summed E-state index contributed by atoms with van der Waals surface area (Å²) in [7, 11) is 0. The number of imide groups is 2. The maximum Gasteiger partial charge on any atom is 0.328 e. The highest BCUT2D eigenvalue weighted by atomic mass is 35.5. The van der Waals surface area contributed by atoms with Crippen LogP contribution in [-0.4, -0.2) is 29.5 Å². The highest BCUT2D eigenvalue weighted by Gasteiger charge is 2.36. The van der Waals surface area contributed by atoms with Crippen LogP contribution < -0.4 is 16.1 Å². The molecule has 1 saturated heterocycles. The predicted octanol–water partition coefficient (Wildman–Crippen LogP) is 0.428. The molecule has 0 saturated carbocycles. The van der Waals surface area contributed by atoms with Gasteiger partial charge in [0.15, 0.2) is 5.92 Å². The van der Waals surface area contributed by atoms with E-state index in [1.807, 2.05) is 10.6 Å². The number of carbonyl (C=O) groups is 4. The van der Waals surface area contributed by atoms with Crippen molar-refractivity contribution in [1.29, 1.82) is 0 Å². The van der Waals surface area contributed by atoms with Gasteiger partial charge in [0.25, 0.3) is 5.91 Å². The van der Waals surface area contributed by atoms with Crippen LogP contribution in [0.2, 0.25) is 5.02 Å². The number of nitrogens with zero attached hydrogens (tertiary/aromatic N) is 1. The van der Waals surface area contributed by atoms with Gasteiger partial charge in [-0.3, -0.25) is 25.0 Å². The second kappa shape index (κ2) is 6.35. The first-order valence-corrected chi connectivity index (χ1v) is 6.52. The second-order valence-corrected chi connectivity index (χ2v) is 4.88. The summed E-state index contributed by atoms with van der Waals surface area (Å²) in [6.45, 7) is 1.39. The summed E-state index contributed by atoms with van der Waals surface area (Å²) >= 11 is 5.71. The molecule has 0 radical (unpaired) electrons. The summed E-state index contributed by atoms with van der Waals surface area (Å²) in [5, 5.41) is 8.10. The van der Waals surface area contributed by atoms with E-state index >= 15 is 0 Å². The van der Waals surface area contributed by atoms with Crippen LogP contribution in [0.4, 0.5) is 4.79 Å². The van der Waals surface area contributed by atoms with Crippen LogP contribution in [-0.2, 0) is 9.59 Å². The molecular formula is C13H11ClN4O4. The molecule has 0 unspecified atom stereocenters. The normalized spacial score (nSPS) is 16.1. The number of amides is 5. The number of hydrazone groups is 1. The Balaban J connectivity index is 2.07. The molecule has 114 valence electrons. The van der Waals surface area contributed by atoms with Crippen molar-refractivity contribution >= 4 is 41.1 Å². The summed E-state index contributed by atoms with van der Waals surface area (Å²) in [6, 6.07) is 5.20. The number of hydrogen-bond acceptors (Lipinski definition) is 5. The lowest BCUT2D eigenvalue weighted by molar-refractivity contribution is -0.132. The Hall–Kier alpha value is -2.74. The van der Waals surface area contributed by atoms with Crippen LogP contribution in [0.1, 0.15) is 17.3 Å². The predicted molar refractivity (Wildman–Crippen MR) is 77.2 cm³/mol. The fourth-order valence-corrected chi connectivity index (χ4v) is 1.89. The third-order valence-electron chi connectivity index (χ3n) is 2.86. The van der Waals surface area contributed by atoms with Gasteiger partial charge in [0.2, 0.25) is 11.8 Å². The van der Waals surface area contributed by atoms with Crippen LogP contribution in [0.25, 0.3) is 0 Å². The van der Waals surface area contributed by atoms with Crippen molar-refractivity contribution in [2.45, 2.75) is 6.92 Å². The number of halogens is 1. The van der Waals surface area contributed by atoms with E-state index < -0.39 is 29.7 Å². The van der Waals surface area contributed by atoms with Gasteiger partial charge < -0.3 is 0 Å². The van der Waals surface area contributed by atoms with E-state index in [0.29, 0.717) is 10.6 Å². The molecule has 1 aromatic rings. The molecule has 0 atom stereocenters. The zero-order chi connectivity index (χ0) is 16.3. The number of urea groups is 1. The Bertz CT molecular complexity index is 664. The van der Waals surface area contributed by atoms with Crippen molar-refractivity contribution in [2.24, 2.45) is 11.0 Å². The van der Waals surface area contributed by atoms with Crippen molar-refractivity contribution < 1.29 is 19.2 Å². The minimum Gasteiger partial charge on any atom is -0.277 e. The molecule has 2 rings (SSSR count). The fraction of sp³-hybridized carbons (Fsp3) is 0.154. The summed E-state index contributed by atoms with van der Waals surface area (Å²) < 4.78 is 0. The number of carbonyl (C=O) groups excluding carboxylic acids is 4.